The SMILES string of the molecule is CCOCCOc1cc2ncnc(Nc3ccc(F)c(Cl)c3)c2cc1CC(=O)/C=C/CN1CCCCC1. The molecule has 0 unspecified atom stereocenters. The van der Waals surface area contributed by atoms with Gasteiger partial charge in [0.15, 0.2) is 5.78 Å². The summed E-state index contributed by atoms with van der Waals surface area (Å²) >= 11 is 5.94. The normalized spacial score (nSPS) is 14.4. The van der Waals surface area contributed by atoms with Crippen LogP contribution in [0.15, 0.2) is 48.8 Å². The van der Waals surface area contributed by atoms with E-state index < -0.39 is 5.82 Å². The Hall–Kier alpha value is -3.07. The van der Waals surface area contributed by atoms with Crippen LogP contribution in [-0.4, -0.2) is 60.1 Å². The number of hydrogen-bond acceptors (Lipinski definition) is 7. The highest BCUT2D eigenvalue weighted by molar-refractivity contribution is 6.31. The molecule has 2 heterocycles. The maximum absolute atomic E-state index is 13.6. The number of benzene rings is 2. The molecule has 0 saturated carbocycles. The fraction of sp³-hybridized carbons (Fsp3) is 0.393. The lowest BCUT2D eigenvalue weighted by Gasteiger charge is -2.24. The summed E-state index contributed by atoms with van der Waals surface area (Å²) in [4.78, 5) is 24.0. The Bertz CT molecular complexity index is 1250. The summed E-state index contributed by atoms with van der Waals surface area (Å²) in [5.74, 6) is 0.591. The number of nitrogens with one attached hydrogen (secondary N) is 1. The fourth-order valence-corrected chi connectivity index (χ4v) is 4.47. The van der Waals surface area contributed by atoms with E-state index in [9.17, 15) is 9.18 Å². The quantitative estimate of drug-likeness (QED) is 0.238. The average Bonchev–Trinajstić information content (AvgIpc) is 2.90. The highest BCUT2D eigenvalue weighted by Gasteiger charge is 2.15. The van der Waals surface area contributed by atoms with Crippen LogP contribution in [0.4, 0.5) is 15.9 Å². The monoisotopic (exact) mass is 526 g/mol. The molecule has 0 radical (unpaired) electrons. The van der Waals surface area contributed by atoms with Crippen molar-refractivity contribution in [3.63, 3.8) is 0 Å². The molecule has 1 aliphatic rings. The van der Waals surface area contributed by atoms with Gasteiger partial charge in [-0.05, 0) is 63.2 Å². The van der Waals surface area contributed by atoms with Crippen LogP contribution in [0, 0.1) is 5.82 Å². The van der Waals surface area contributed by atoms with Crippen LogP contribution in [0.1, 0.15) is 31.7 Å². The Morgan fingerprint density at radius 3 is 2.78 bits per heavy atom. The van der Waals surface area contributed by atoms with Crippen LogP contribution in [0.5, 0.6) is 5.75 Å². The van der Waals surface area contributed by atoms with Crippen molar-refractivity contribution in [1.29, 1.82) is 0 Å². The number of carbonyl (C=O) groups excluding carboxylic acids is 1. The van der Waals surface area contributed by atoms with E-state index in [0.29, 0.717) is 48.0 Å². The topological polar surface area (TPSA) is 76.6 Å². The molecule has 1 saturated heterocycles. The molecule has 0 aliphatic carbocycles. The molecule has 0 bridgehead atoms. The molecule has 0 atom stereocenters. The summed E-state index contributed by atoms with van der Waals surface area (Å²) in [5.41, 5.74) is 1.96. The molecule has 1 aliphatic heterocycles. The lowest BCUT2D eigenvalue weighted by molar-refractivity contribution is -0.114. The number of nitrogens with zero attached hydrogens (tertiary/aromatic N) is 3. The van der Waals surface area contributed by atoms with Gasteiger partial charge in [0.1, 0.15) is 30.3 Å². The predicted molar refractivity (Wildman–Crippen MR) is 144 cm³/mol. The minimum absolute atomic E-state index is 0.0102. The zero-order valence-corrected chi connectivity index (χ0v) is 21.8. The number of anilines is 2. The molecule has 196 valence electrons. The Balaban J connectivity index is 1.57. The van der Waals surface area contributed by atoms with Crippen molar-refractivity contribution in [3.8, 4) is 5.75 Å². The summed E-state index contributed by atoms with van der Waals surface area (Å²) in [6, 6.07) is 8.05. The third kappa shape index (κ3) is 7.71. The van der Waals surface area contributed by atoms with Crippen molar-refractivity contribution in [3.05, 3.63) is 65.2 Å². The summed E-state index contributed by atoms with van der Waals surface area (Å²) in [6.07, 6.45) is 8.92. The first-order chi connectivity index (χ1) is 18.0. The molecule has 7 nitrogen and oxygen atoms in total. The molecular formula is C28H32ClFN4O3. The van der Waals surface area contributed by atoms with Gasteiger partial charge >= 0.3 is 0 Å². The van der Waals surface area contributed by atoms with E-state index in [1.807, 2.05) is 25.1 Å². The molecule has 37 heavy (non-hydrogen) atoms. The van der Waals surface area contributed by atoms with Gasteiger partial charge in [-0.2, -0.15) is 0 Å². The van der Waals surface area contributed by atoms with Gasteiger partial charge in [-0.3, -0.25) is 9.69 Å². The van der Waals surface area contributed by atoms with E-state index in [1.54, 1.807) is 12.1 Å². The Morgan fingerprint density at radius 1 is 1.16 bits per heavy atom. The summed E-state index contributed by atoms with van der Waals surface area (Å²) in [5, 5.41) is 3.90. The van der Waals surface area contributed by atoms with Gasteiger partial charge in [-0.1, -0.05) is 24.1 Å². The number of ketones is 1. The van der Waals surface area contributed by atoms with Gasteiger partial charge in [0.05, 0.1) is 17.1 Å². The number of ether oxygens (including phenoxy) is 2. The molecule has 3 aromatic rings. The van der Waals surface area contributed by atoms with Crippen molar-refractivity contribution in [2.75, 3.05) is 44.8 Å². The molecule has 1 fully saturated rings. The number of piperidine rings is 1. The molecule has 2 aromatic carbocycles. The molecule has 1 aromatic heterocycles. The van der Waals surface area contributed by atoms with E-state index in [4.69, 9.17) is 21.1 Å². The van der Waals surface area contributed by atoms with E-state index in [-0.39, 0.29) is 17.2 Å². The van der Waals surface area contributed by atoms with Crippen LogP contribution in [0.25, 0.3) is 10.9 Å². The third-order valence-corrected chi connectivity index (χ3v) is 6.46. The summed E-state index contributed by atoms with van der Waals surface area (Å²) in [7, 11) is 0. The van der Waals surface area contributed by atoms with Gasteiger partial charge < -0.3 is 14.8 Å². The Kier molecular flexibility index (Phi) is 9.82. The first-order valence-corrected chi connectivity index (χ1v) is 13.0. The molecule has 9 heteroatoms. The Labute approximate surface area is 221 Å². The average molecular weight is 527 g/mol. The third-order valence-electron chi connectivity index (χ3n) is 6.17. The smallest absolute Gasteiger partial charge is 0.159 e. The van der Waals surface area contributed by atoms with Crippen LogP contribution in [-0.2, 0) is 16.0 Å². The van der Waals surface area contributed by atoms with Gasteiger partial charge in [0.25, 0.3) is 0 Å². The highest BCUT2D eigenvalue weighted by Crippen LogP contribution is 2.31. The van der Waals surface area contributed by atoms with Crippen LogP contribution in [0.3, 0.4) is 0 Å². The van der Waals surface area contributed by atoms with Gasteiger partial charge in [0.2, 0.25) is 0 Å². The van der Waals surface area contributed by atoms with Crippen LogP contribution < -0.4 is 10.1 Å². The second-order valence-corrected chi connectivity index (χ2v) is 9.31. The minimum atomic E-state index is -0.497. The van der Waals surface area contributed by atoms with E-state index in [0.717, 1.165) is 25.2 Å². The van der Waals surface area contributed by atoms with Crippen molar-refractivity contribution in [1.82, 2.24) is 14.9 Å². The largest absolute Gasteiger partial charge is 0.491 e. The van der Waals surface area contributed by atoms with Crippen LogP contribution >= 0.6 is 11.6 Å². The first-order valence-electron chi connectivity index (χ1n) is 12.7. The number of fused-ring (bicyclic) bond motifs is 1. The number of aromatic nitrogens is 2. The number of carbonyl (C=O) groups is 1. The van der Waals surface area contributed by atoms with Gasteiger partial charge in [-0.15, -0.1) is 0 Å². The number of likely N-dealkylation sites (tertiary alicyclic amines) is 1. The van der Waals surface area contributed by atoms with E-state index >= 15 is 0 Å². The molecular weight excluding hydrogens is 495 g/mol. The number of rotatable bonds is 12. The van der Waals surface area contributed by atoms with E-state index in [1.165, 1.54) is 37.7 Å². The van der Waals surface area contributed by atoms with Gasteiger partial charge in [0, 0.05) is 42.3 Å². The number of halogens is 2. The van der Waals surface area contributed by atoms with E-state index in [2.05, 4.69) is 20.2 Å². The molecule has 0 spiro atoms. The van der Waals surface area contributed by atoms with Crippen LogP contribution in [0.2, 0.25) is 5.02 Å². The zero-order valence-electron chi connectivity index (χ0n) is 21.0. The van der Waals surface area contributed by atoms with Crippen molar-refractivity contribution in [2.45, 2.75) is 32.6 Å². The highest BCUT2D eigenvalue weighted by atomic mass is 35.5. The summed E-state index contributed by atoms with van der Waals surface area (Å²) < 4.78 is 25.0. The van der Waals surface area contributed by atoms with Crippen molar-refractivity contribution < 1.29 is 18.7 Å². The standard InChI is InChI=1S/C28H32ClFN4O3/c1-2-36-13-14-37-27-18-26-23(28(32-19-31-26)33-21-8-9-25(30)24(29)17-21)16-20(27)15-22(35)7-6-12-34-10-4-3-5-11-34/h6-9,16-19H,2-5,10-15H2,1H3,(H,31,32,33)/b7-6+. The second-order valence-electron chi connectivity index (χ2n) is 8.91. The molecule has 0 amide bonds. The fourth-order valence-electron chi connectivity index (χ4n) is 4.29. The van der Waals surface area contributed by atoms with Gasteiger partial charge in [-0.25, -0.2) is 14.4 Å². The predicted octanol–water partition coefficient (Wildman–Crippen LogP) is 5.73. The molecule has 1 N–H and O–H groups in total. The summed E-state index contributed by atoms with van der Waals surface area (Å²) in [6.45, 7) is 6.27. The lowest BCUT2D eigenvalue weighted by Crippen LogP contribution is -2.29. The minimum Gasteiger partial charge on any atom is -0.491 e. The zero-order chi connectivity index (χ0) is 26.0. The Morgan fingerprint density at radius 2 is 2.00 bits per heavy atom. The maximum Gasteiger partial charge on any atom is 0.159 e. The molecule has 4 rings (SSSR count). The number of allylic oxidation sites excluding steroid dienone is 1. The lowest BCUT2D eigenvalue weighted by atomic mass is 10.0. The number of hydrogen-bond donors (Lipinski definition) is 1. The maximum atomic E-state index is 13.6. The van der Waals surface area contributed by atoms with Crippen molar-refractivity contribution >= 4 is 39.8 Å². The van der Waals surface area contributed by atoms with Crippen molar-refractivity contribution in [2.24, 2.45) is 0 Å². The second kappa shape index (κ2) is 13.5. The first kappa shape index (κ1) is 27.0.